The second-order valence-corrected chi connectivity index (χ2v) is 6.39. The lowest BCUT2D eigenvalue weighted by atomic mass is 10.2. The minimum absolute atomic E-state index is 0.191. The third kappa shape index (κ3) is 4.72. The summed E-state index contributed by atoms with van der Waals surface area (Å²) < 4.78 is 12.4. The minimum atomic E-state index is -0.873. The van der Waals surface area contributed by atoms with Crippen molar-refractivity contribution in [3.05, 3.63) is 87.2 Å². The van der Waals surface area contributed by atoms with E-state index in [0.29, 0.717) is 11.4 Å². The Balaban J connectivity index is 1.84. The van der Waals surface area contributed by atoms with Crippen LogP contribution in [0.5, 0.6) is 5.75 Å². The molecule has 0 spiro atoms. The van der Waals surface area contributed by atoms with E-state index in [1.54, 1.807) is 49.4 Å². The van der Waals surface area contributed by atoms with Gasteiger partial charge in [-0.25, -0.2) is 4.79 Å². The van der Waals surface area contributed by atoms with E-state index in [1.165, 1.54) is 25.6 Å². The van der Waals surface area contributed by atoms with E-state index in [0.717, 1.165) is 9.13 Å². The van der Waals surface area contributed by atoms with Gasteiger partial charge < -0.3 is 14.8 Å². The normalized spacial score (nSPS) is 10.4. The molecule has 0 radical (unpaired) electrons. The number of nitrogens with zero attached hydrogens (tertiary/aromatic N) is 2. The fourth-order valence-electron chi connectivity index (χ4n) is 2.97. The van der Waals surface area contributed by atoms with E-state index in [-0.39, 0.29) is 17.9 Å². The molecule has 31 heavy (non-hydrogen) atoms. The third-order valence-electron chi connectivity index (χ3n) is 4.41. The van der Waals surface area contributed by atoms with Crippen molar-refractivity contribution in [3.63, 3.8) is 0 Å². The Morgan fingerprint density at radius 2 is 1.68 bits per heavy atom. The van der Waals surface area contributed by atoms with E-state index in [2.05, 4.69) is 5.32 Å². The highest BCUT2D eigenvalue weighted by Crippen LogP contribution is 2.20. The summed E-state index contributed by atoms with van der Waals surface area (Å²) in [6.45, 7) is 1.47. The van der Waals surface area contributed by atoms with Gasteiger partial charge in [0.25, 0.3) is 0 Å². The van der Waals surface area contributed by atoms with E-state index in [9.17, 15) is 19.2 Å². The summed E-state index contributed by atoms with van der Waals surface area (Å²) >= 11 is 0. The molecule has 2 aromatic carbocycles. The number of carbonyl (C=O) groups excluding carboxylic acids is 2. The standard InChI is InChI=1S/C22H21N3O6/c1-3-31-22(29)15-8-4-5-9-16(15)23-19(26)14-24-12-13-25(21(28)20(24)27)17-10-6-7-11-18(17)30-2/h4-13H,3,14H2,1-2H3,(H,23,26). The Morgan fingerprint density at radius 1 is 0.968 bits per heavy atom. The first kappa shape index (κ1) is 21.6. The molecule has 160 valence electrons. The first-order valence-electron chi connectivity index (χ1n) is 9.47. The zero-order chi connectivity index (χ0) is 22.4. The molecule has 1 N–H and O–H groups in total. The molecule has 3 aromatic rings. The summed E-state index contributed by atoms with van der Waals surface area (Å²) in [6.07, 6.45) is 2.73. The first-order chi connectivity index (χ1) is 15.0. The van der Waals surface area contributed by atoms with Crippen molar-refractivity contribution in [2.45, 2.75) is 13.5 Å². The van der Waals surface area contributed by atoms with Crippen LogP contribution in [-0.4, -0.2) is 34.7 Å². The van der Waals surface area contributed by atoms with Crippen LogP contribution >= 0.6 is 0 Å². The number of para-hydroxylation sites is 3. The zero-order valence-electron chi connectivity index (χ0n) is 17.0. The van der Waals surface area contributed by atoms with Gasteiger partial charge in [0.1, 0.15) is 12.3 Å². The Labute approximate surface area is 177 Å². The second kappa shape index (κ2) is 9.57. The first-order valence-corrected chi connectivity index (χ1v) is 9.47. The number of anilines is 1. The van der Waals surface area contributed by atoms with Crippen LogP contribution < -0.4 is 21.2 Å². The fraction of sp³-hybridized carbons (Fsp3) is 0.182. The molecular weight excluding hydrogens is 402 g/mol. The number of ether oxygens (including phenoxy) is 2. The third-order valence-corrected chi connectivity index (χ3v) is 4.41. The molecule has 0 aliphatic carbocycles. The van der Waals surface area contributed by atoms with Gasteiger partial charge in [-0.3, -0.25) is 23.5 Å². The Morgan fingerprint density at radius 3 is 2.42 bits per heavy atom. The average Bonchev–Trinajstić information content (AvgIpc) is 2.77. The predicted octanol–water partition coefficient (Wildman–Crippen LogP) is 1.82. The topological polar surface area (TPSA) is 109 Å². The lowest BCUT2D eigenvalue weighted by Crippen LogP contribution is -2.41. The Bertz CT molecular complexity index is 1230. The van der Waals surface area contributed by atoms with Crippen molar-refractivity contribution in [2.24, 2.45) is 0 Å². The van der Waals surface area contributed by atoms with E-state index in [1.807, 2.05) is 0 Å². The van der Waals surface area contributed by atoms with Crippen molar-refractivity contribution in [3.8, 4) is 11.4 Å². The largest absolute Gasteiger partial charge is 0.495 e. The fourth-order valence-corrected chi connectivity index (χ4v) is 2.97. The summed E-state index contributed by atoms with van der Waals surface area (Å²) in [7, 11) is 1.46. The van der Waals surface area contributed by atoms with Crippen LogP contribution in [0, 0.1) is 0 Å². The van der Waals surface area contributed by atoms with Gasteiger partial charge in [0.05, 0.1) is 30.7 Å². The number of rotatable bonds is 7. The number of methoxy groups -OCH3 is 1. The Hall–Kier alpha value is -4.14. The average molecular weight is 423 g/mol. The van der Waals surface area contributed by atoms with Crippen molar-refractivity contribution in [2.75, 3.05) is 19.0 Å². The Kier molecular flexibility index (Phi) is 6.66. The highest BCUT2D eigenvalue weighted by molar-refractivity contribution is 6.01. The van der Waals surface area contributed by atoms with Crippen LogP contribution in [0.15, 0.2) is 70.5 Å². The number of aromatic nitrogens is 2. The maximum Gasteiger partial charge on any atom is 0.340 e. The summed E-state index contributed by atoms with van der Waals surface area (Å²) in [4.78, 5) is 49.7. The quantitative estimate of drug-likeness (QED) is 0.459. The molecule has 0 atom stereocenters. The van der Waals surface area contributed by atoms with Crippen LogP contribution in [0.3, 0.4) is 0 Å². The van der Waals surface area contributed by atoms with Gasteiger partial charge >= 0.3 is 17.1 Å². The molecule has 1 heterocycles. The number of amides is 1. The molecular formula is C22H21N3O6. The summed E-state index contributed by atoms with van der Waals surface area (Å²) in [5, 5.41) is 2.58. The predicted molar refractivity (Wildman–Crippen MR) is 114 cm³/mol. The highest BCUT2D eigenvalue weighted by Gasteiger charge is 2.16. The highest BCUT2D eigenvalue weighted by atomic mass is 16.5. The number of esters is 1. The van der Waals surface area contributed by atoms with Crippen LogP contribution in [0.1, 0.15) is 17.3 Å². The minimum Gasteiger partial charge on any atom is -0.495 e. The number of hydrogen-bond donors (Lipinski definition) is 1. The molecule has 3 rings (SSSR count). The van der Waals surface area contributed by atoms with Gasteiger partial charge in [0, 0.05) is 12.4 Å². The number of hydrogen-bond acceptors (Lipinski definition) is 6. The van der Waals surface area contributed by atoms with Crippen LogP contribution in [0.25, 0.3) is 5.69 Å². The molecule has 1 aromatic heterocycles. The lowest BCUT2D eigenvalue weighted by Gasteiger charge is -2.13. The van der Waals surface area contributed by atoms with Gasteiger partial charge in [0.15, 0.2) is 0 Å². The lowest BCUT2D eigenvalue weighted by molar-refractivity contribution is -0.116. The van der Waals surface area contributed by atoms with Crippen molar-refractivity contribution >= 4 is 17.6 Å². The smallest absolute Gasteiger partial charge is 0.340 e. The monoisotopic (exact) mass is 423 g/mol. The molecule has 0 aliphatic heterocycles. The number of carbonyl (C=O) groups is 2. The zero-order valence-corrected chi connectivity index (χ0v) is 17.0. The number of benzene rings is 2. The molecule has 0 unspecified atom stereocenters. The molecule has 9 nitrogen and oxygen atoms in total. The molecule has 0 saturated heterocycles. The van der Waals surface area contributed by atoms with E-state index < -0.39 is 29.5 Å². The number of nitrogens with one attached hydrogen (secondary N) is 1. The van der Waals surface area contributed by atoms with Gasteiger partial charge in [-0.05, 0) is 31.2 Å². The maximum absolute atomic E-state index is 12.6. The van der Waals surface area contributed by atoms with E-state index >= 15 is 0 Å². The molecule has 0 fully saturated rings. The SMILES string of the molecule is CCOC(=O)c1ccccc1NC(=O)Cn1ccn(-c2ccccc2OC)c(=O)c1=O. The van der Waals surface area contributed by atoms with Crippen LogP contribution in [0.4, 0.5) is 5.69 Å². The van der Waals surface area contributed by atoms with Gasteiger partial charge in [-0.2, -0.15) is 0 Å². The van der Waals surface area contributed by atoms with E-state index in [4.69, 9.17) is 9.47 Å². The second-order valence-electron chi connectivity index (χ2n) is 6.39. The maximum atomic E-state index is 12.6. The molecule has 0 saturated carbocycles. The van der Waals surface area contributed by atoms with Crippen LogP contribution in [-0.2, 0) is 16.1 Å². The van der Waals surface area contributed by atoms with Gasteiger partial charge in [0.2, 0.25) is 5.91 Å². The van der Waals surface area contributed by atoms with Crippen LogP contribution in [0.2, 0.25) is 0 Å². The van der Waals surface area contributed by atoms with Gasteiger partial charge in [-0.1, -0.05) is 24.3 Å². The summed E-state index contributed by atoms with van der Waals surface area (Å²) in [5.41, 5.74) is -0.848. The van der Waals surface area contributed by atoms with Crippen molar-refractivity contribution < 1.29 is 19.1 Å². The molecule has 1 amide bonds. The van der Waals surface area contributed by atoms with Crippen molar-refractivity contribution in [1.29, 1.82) is 0 Å². The summed E-state index contributed by atoms with van der Waals surface area (Å²) in [6, 6.07) is 13.1. The molecule has 9 heteroatoms. The molecule has 0 bridgehead atoms. The van der Waals surface area contributed by atoms with Crippen molar-refractivity contribution in [1.82, 2.24) is 9.13 Å². The van der Waals surface area contributed by atoms with Gasteiger partial charge in [-0.15, -0.1) is 0 Å². The molecule has 0 aliphatic rings. The summed E-state index contributed by atoms with van der Waals surface area (Å²) in [5.74, 6) is -0.724.